The summed E-state index contributed by atoms with van der Waals surface area (Å²) >= 11 is 0. The highest BCUT2D eigenvalue weighted by atomic mass is 16.5. The van der Waals surface area contributed by atoms with Crippen LogP contribution in [0.25, 0.3) is 0 Å². The Morgan fingerprint density at radius 2 is 1.83 bits per heavy atom. The lowest BCUT2D eigenvalue weighted by Gasteiger charge is -2.22. The van der Waals surface area contributed by atoms with Gasteiger partial charge in [0.25, 0.3) is 5.91 Å². The number of nitriles is 1. The average molecular weight is 385 g/mol. The fraction of sp³-hybridized carbons (Fsp3) is 0.208. The van der Waals surface area contributed by atoms with Gasteiger partial charge in [0, 0.05) is 30.9 Å². The number of amides is 1. The zero-order valence-electron chi connectivity index (χ0n) is 16.4. The number of hydrogen-bond donors (Lipinski definition) is 0. The van der Waals surface area contributed by atoms with Gasteiger partial charge >= 0.3 is 0 Å². The van der Waals surface area contributed by atoms with Crippen LogP contribution in [0.3, 0.4) is 0 Å². The van der Waals surface area contributed by atoms with Crippen LogP contribution >= 0.6 is 0 Å². The van der Waals surface area contributed by atoms with Crippen LogP contribution in [0.15, 0.2) is 72.9 Å². The second-order valence-corrected chi connectivity index (χ2v) is 6.69. The number of pyridine rings is 1. The lowest BCUT2D eigenvalue weighted by molar-refractivity contribution is 0.0742. The van der Waals surface area contributed by atoms with Crippen LogP contribution in [-0.2, 0) is 13.2 Å². The predicted molar refractivity (Wildman–Crippen MR) is 111 cm³/mol. The van der Waals surface area contributed by atoms with Crippen molar-refractivity contribution < 1.29 is 9.53 Å². The maximum absolute atomic E-state index is 13.1. The van der Waals surface area contributed by atoms with Gasteiger partial charge in [0.1, 0.15) is 6.61 Å². The largest absolute Gasteiger partial charge is 0.473 e. The summed E-state index contributed by atoms with van der Waals surface area (Å²) in [5.41, 5.74) is 3.18. The summed E-state index contributed by atoms with van der Waals surface area (Å²) < 4.78 is 5.75. The molecule has 0 aliphatic carbocycles. The molecule has 146 valence electrons. The number of benzene rings is 2. The molecule has 0 saturated carbocycles. The molecule has 0 aliphatic heterocycles. The lowest BCUT2D eigenvalue weighted by Crippen LogP contribution is -2.31. The van der Waals surface area contributed by atoms with Gasteiger partial charge in [-0.15, -0.1) is 0 Å². The molecular weight excluding hydrogens is 362 g/mol. The second kappa shape index (κ2) is 10.0. The molecule has 0 radical (unpaired) electrons. The molecule has 0 atom stereocenters. The quantitative estimate of drug-likeness (QED) is 0.569. The van der Waals surface area contributed by atoms with Gasteiger partial charge in [-0.25, -0.2) is 4.98 Å². The molecule has 3 rings (SSSR count). The van der Waals surface area contributed by atoms with E-state index in [1.165, 1.54) is 0 Å². The van der Waals surface area contributed by atoms with Crippen molar-refractivity contribution >= 4 is 5.91 Å². The van der Waals surface area contributed by atoms with Gasteiger partial charge in [0.15, 0.2) is 0 Å². The molecule has 0 N–H and O–H groups in total. The minimum Gasteiger partial charge on any atom is -0.473 e. The van der Waals surface area contributed by atoms with Crippen LogP contribution in [0, 0.1) is 11.3 Å². The molecule has 1 amide bonds. The minimum absolute atomic E-state index is 0.0665. The first kappa shape index (κ1) is 20.1. The molecule has 0 spiro atoms. The van der Waals surface area contributed by atoms with Crippen molar-refractivity contribution in [2.75, 3.05) is 6.54 Å². The zero-order valence-corrected chi connectivity index (χ0v) is 16.4. The first-order valence-electron chi connectivity index (χ1n) is 9.60. The number of ether oxygens (including phenoxy) is 1. The molecule has 0 aliphatic rings. The van der Waals surface area contributed by atoms with Crippen molar-refractivity contribution in [2.24, 2.45) is 0 Å². The maximum Gasteiger partial charge on any atom is 0.254 e. The molecule has 0 bridgehead atoms. The molecule has 1 aromatic heterocycles. The van der Waals surface area contributed by atoms with E-state index < -0.39 is 0 Å². The normalized spacial score (nSPS) is 10.2. The molecule has 5 nitrogen and oxygen atoms in total. The maximum atomic E-state index is 13.1. The van der Waals surface area contributed by atoms with Gasteiger partial charge in [0.2, 0.25) is 5.88 Å². The smallest absolute Gasteiger partial charge is 0.254 e. The van der Waals surface area contributed by atoms with E-state index in [-0.39, 0.29) is 5.91 Å². The zero-order chi connectivity index (χ0) is 20.5. The van der Waals surface area contributed by atoms with Crippen LogP contribution in [-0.4, -0.2) is 22.3 Å². The summed E-state index contributed by atoms with van der Waals surface area (Å²) in [7, 11) is 0. The van der Waals surface area contributed by atoms with Gasteiger partial charge in [-0.1, -0.05) is 49.4 Å². The highest BCUT2D eigenvalue weighted by Crippen LogP contribution is 2.16. The molecule has 2 aromatic carbocycles. The van der Waals surface area contributed by atoms with Crippen molar-refractivity contribution in [3.63, 3.8) is 0 Å². The Balaban J connectivity index is 1.70. The third-order valence-corrected chi connectivity index (χ3v) is 4.45. The molecule has 5 heteroatoms. The van der Waals surface area contributed by atoms with Gasteiger partial charge in [-0.2, -0.15) is 5.26 Å². The third kappa shape index (κ3) is 5.66. The van der Waals surface area contributed by atoms with Crippen LogP contribution in [0.2, 0.25) is 0 Å². The molecule has 0 saturated heterocycles. The van der Waals surface area contributed by atoms with E-state index in [0.717, 1.165) is 17.5 Å². The highest BCUT2D eigenvalue weighted by molar-refractivity contribution is 5.94. The summed E-state index contributed by atoms with van der Waals surface area (Å²) in [5, 5.41) is 8.94. The van der Waals surface area contributed by atoms with Crippen molar-refractivity contribution in [1.29, 1.82) is 5.26 Å². The highest BCUT2D eigenvalue weighted by Gasteiger charge is 2.16. The molecule has 29 heavy (non-hydrogen) atoms. The van der Waals surface area contributed by atoms with E-state index in [0.29, 0.717) is 36.7 Å². The Hall–Kier alpha value is -3.65. The molecule has 1 heterocycles. The van der Waals surface area contributed by atoms with Crippen molar-refractivity contribution in [3.05, 3.63) is 95.2 Å². The van der Waals surface area contributed by atoms with E-state index in [1.807, 2.05) is 49.4 Å². The van der Waals surface area contributed by atoms with E-state index in [2.05, 4.69) is 11.1 Å². The van der Waals surface area contributed by atoms with Gasteiger partial charge in [-0.05, 0) is 35.7 Å². The number of nitrogens with zero attached hydrogens (tertiary/aromatic N) is 3. The molecule has 3 aromatic rings. The summed E-state index contributed by atoms with van der Waals surface area (Å²) in [4.78, 5) is 19.1. The first-order chi connectivity index (χ1) is 14.2. The average Bonchev–Trinajstić information content (AvgIpc) is 2.78. The predicted octanol–water partition coefficient (Wildman–Crippen LogP) is 4.58. The van der Waals surface area contributed by atoms with E-state index in [4.69, 9.17) is 10.00 Å². The van der Waals surface area contributed by atoms with Crippen LogP contribution in [0.1, 0.15) is 40.4 Å². The summed E-state index contributed by atoms with van der Waals surface area (Å²) in [5.74, 6) is 0.359. The van der Waals surface area contributed by atoms with Crippen LogP contribution < -0.4 is 4.74 Å². The third-order valence-electron chi connectivity index (χ3n) is 4.45. The SMILES string of the molecule is CCCN(Cc1ccc(C#N)cc1)C(=O)c1ccnc(OCc2ccccc2)c1. The van der Waals surface area contributed by atoms with Crippen molar-refractivity contribution in [3.8, 4) is 11.9 Å². The summed E-state index contributed by atoms with van der Waals surface area (Å²) in [6.07, 6.45) is 2.45. The van der Waals surface area contributed by atoms with E-state index in [1.54, 1.807) is 35.4 Å². The molecular formula is C24H23N3O2. The Kier molecular flexibility index (Phi) is 6.96. The van der Waals surface area contributed by atoms with Crippen molar-refractivity contribution in [2.45, 2.75) is 26.5 Å². The fourth-order valence-corrected chi connectivity index (χ4v) is 2.96. The van der Waals surface area contributed by atoms with Gasteiger partial charge < -0.3 is 9.64 Å². The number of carbonyl (C=O) groups is 1. The second-order valence-electron chi connectivity index (χ2n) is 6.69. The van der Waals surface area contributed by atoms with E-state index >= 15 is 0 Å². The molecule has 0 fully saturated rings. The summed E-state index contributed by atoms with van der Waals surface area (Å²) in [6.45, 7) is 3.57. The van der Waals surface area contributed by atoms with Gasteiger partial charge in [0.05, 0.1) is 11.6 Å². The Morgan fingerprint density at radius 1 is 1.07 bits per heavy atom. The van der Waals surface area contributed by atoms with Crippen LogP contribution in [0.4, 0.5) is 0 Å². The number of hydrogen-bond acceptors (Lipinski definition) is 4. The van der Waals surface area contributed by atoms with Gasteiger partial charge in [-0.3, -0.25) is 4.79 Å². The first-order valence-corrected chi connectivity index (χ1v) is 9.60. The van der Waals surface area contributed by atoms with E-state index in [9.17, 15) is 4.79 Å². The topological polar surface area (TPSA) is 66.2 Å². The number of aromatic nitrogens is 1. The number of rotatable bonds is 8. The Morgan fingerprint density at radius 3 is 2.52 bits per heavy atom. The summed E-state index contributed by atoms with van der Waals surface area (Å²) in [6, 6.07) is 22.6. The minimum atomic E-state index is -0.0665. The van der Waals surface area contributed by atoms with Crippen molar-refractivity contribution in [1.82, 2.24) is 9.88 Å². The lowest BCUT2D eigenvalue weighted by atomic mass is 10.1. The standard InChI is InChI=1S/C24H23N3O2/c1-2-14-27(17-20-10-8-19(16-25)9-11-20)24(28)22-12-13-26-23(15-22)29-18-21-6-4-3-5-7-21/h3-13,15H,2,14,17-18H2,1H3. The fourth-order valence-electron chi connectivity index (χ4n) is 2.96. The Bertz CT molecular complexity index is 979. The van der Waals surface area contributed by atoms with Crippen LogP contribution in [0.5, 0.6) is 5.88 Å². The molecule has 0 unspecified atom stereocenters. The Labute approximate surface area is 171 Å². The monoisotopic (exact) mass is 385 g/mol. The number of carbonyl (C=O) groups excluding carboxylic acids is 1.